The number of nitrogens with zero attached hydrogens (tertiary/aromatic N) is 4. The van der Waals surface area contributed by atoms with Gasteiger partial charge in [0.2, 0.25) is 0 Å². The van der Waals surface area contributed by atoms with Crippen LogP contribution in [0, 0.1) is 11.8 Å². The minimum absolute atomic E-state index is 0.226. The highest BCUT2D eigenvalue weighted by atomic mass is 16.5. The van der Waals surface area contributed by atoms with Crippen LogP contribution in [0.1, 0.15) is 30.4 Å². The minimum Gasteiger partial charge on any atom is -0.497 e. The maximum atomic E-state index is 11.7. The Hall–Kier alpha value is -2.83. The van der Waals surface area contributed by atoms with Gasteiger partial charge in [0, 0.05) is 72.9 Å². The van der Waals surface area contributed by atoms with E-state index in [4.69, 9.17) is 4.74 Å². The third kappa shape index (κ3) is 3.82. The summed E-state index contributed by atoms with van der Waals surface area (Å²) in [5, 5.41) is 11.7. The predicted octanol–water partition coefficient (Wildman–Crippen LogP) is 3.67. The minimum atomic E-state index is -0.766. The van der Waals surface area contributed by atoms with Crippen molar-refractivity contribution in [2.45, 2.75) is 31.4 Å². The van der Waals surface area contributed by atoms with Gasteiger partial charge in [-0.2, -0.15) is 0 Å². The number of aromatic nitrogens is 3. The molecule has 1 aliphatic heterocycles. The summed E-state index contributed by atoms with van der Waals surface area (Å²) < 4.78 is 5.22. The van der Waals surface area contributed by atoms with Crippen LogP contribution in [0.15, 0.2) is 61.2 Å². The van der Waals surface area contributed by atoms with Gasteiger partial charge in [0.25, 0.3) is 0 Å². The summed E-state index contributed by atoms with van der Waals surface area (Å²) in [5.41, 5.74) is 2.28. The quantitative estimate of drug-likeness (QED) is 0.684. The largest absolute Gasteiger partial charge is 0.497 e. The van der Waals surface area contributed by atoms with Crippen molar-refractivity contribution in [3.8, 4) is 17.1 Å². The van der Waals surface area contributed by atoms with Gasteiger partial charge in [-0.15, -0.1) is 0 Å². The lowest BCUT2D eigenvalue weighted by Gasteiger charge is -2.53. The summed E-state index contributed by atoms with van der Waals surface area (Å²) >= 11 is 0. The summed E-state index contributed by atoms with van der Waals surface area (Å²) in [6.45, 7) is 2.56. The van der Waals surface area contributed by atoms with E-state index < -0.39 is 5.60 Å². The second-order valence-electron chi connectivity index (χ2n) is 8.73. The summed E-state index contributed by atoms with van der Waals surface area (Å²) in [5.74, 6) is 1.99. The van der Waals surface area contributed by atoms with Gasteiger partial charge in [-0.3, -0.25) is 9.88 Å². The Morgan fingerprint density at radius 1 is 1.03 bits per heavy atom. The molecule has 1 saturated carbocycles. The van der Waals surface area contributed by atoms with E-state index in [1.807, 2.05) is 55.0 Å². The normalized spacial score (nSPS) is 25.9. The first-order valence-electron chi connectivity index (χ1n) is 11.0. The molecule has 2 aliphatic rings. The molecular weight excluding hydrogens is 388 g/mol. The SMILES string of the molecule is COc1ccc(-c2ncc(CN3C[C@@H]4CCC[C@@H](C3)C4(O)c3cccnc3)cn2)cc1. The lowest BCUT2D eigenvalue weighted by Crippen LogP contribution is -2.57. The van der Waals surface area contributed by atoms with E-state index in [1.165, 1.54) is 6.42 Å². The van der Waals surface area contributed by atoms with Crippen molar-refractivity contribution in [3.05, 3.63) is 72.3 Å². The predicted molar refractivity (Wildman–Crippen MR) is 118 cm³/mol. The third-order valence-corrected chi connectivity index (χ3v) is 6.89. The van der Waals surface area contributed by atoms with Crippen molar-refractivity contribution < 1.29 is 9.84 Å². The van der Waals surface area contributed by atoms with Crippen molar-refractivity contribution in [1.82, 2.24) is 19.9 Å². The van der Waals surface area contributed by atoms with E-state index >= 15 is 0 Å². The molecule has 0 amide bonds. The fourth-order valence-electron chi connectivity index (χ4n) is 5.33. The molecule has 1 saturated heterocycles. The van der Waals surface area contributed by atoms with E-state index in [0.717, 1.165) is 54.9 Å². The first kappa shape index (κ1) is 20.1. The molecule has 0 spiro atoms. The number of rotatable bonds is 5. The number of ether oxygens (including phenoxy) is 1. The highest BCUT2D eigenvalue weighted by Crippen LogP contribution is 2.49. The fraction of sp³-hybridized carbons (Fsp3) is 0.400. The van der Waals surface area contributed by atoms with Crippen LogP contribution in [0.25, 0.3) is 11.4 Å². The molecule has 3 heterocycles. The Morgan fingerprint density at radius 2 is 1.74 bits per heavy atom. The average molecular weight is 417 g/mol. The molecule has 2 bridgehead atoms. The summed E-state index contributed by atoms with van der Waals surface area (Å²) in [6, 6.07) is 11.7. The van der Waals surface area contributed by atoms with Gasteiger partial charge in [-0.25, -0.2) is 9.97 Å². The molecule has 1 aliphatic carbocycles. The molecule has 2 atom stereocenters. The van der Waals surface area contributed by atoms with E-state index in [0.29, 0.717) is 5.82 Å². The zero-order valence-corrected chi connectivity index (χ0v) is 17.8. The van der Waals surface area contributed by atoms with Gasteiger partial charge in [0.15, 0.2) is 5.82 Å². The molecule has 2 aromatic heterocycles. The Kier molecular flexibility index (Phi) is 5.42. The number of hydrogen-bond acceptors (Lipinski definition) is 6. The summed E-state index contributed by atoms with van der Waals surface area (Å²) in [6.07, 6.45) is 10.7. The number of aliphatic hydroxyl groups is 1. The molecule has 1 aromatic carbocycles. The van der Waals surface area contributed by atoms with Gasteiger partial charge in [-0.05, 0) is 43.2 Å². The lowest BCUT2D eigenvalue weighted by molar-refractivity contribution is -0.148. The number of methoxy groups -OCH3 is 1. The Bertz CT molecular complexity index is 994. The van der Waals surface area contributed by atoms with Crippen LogP contribution in [-0.4, -0.2) is 45.2 Å². The molecule has 6 nitrogen and oxygen atoms in total. The number of pyridine rings is 1. The Labute approximate surface area is 183 Å². The van der Waals surface area contributed by atoms with Crippen LogP contribution in [0.3, 0.4) is 0 Å². The first-order chi connectivity index (χ1) is 15.2. The van der Waals surface area contributed by atoms with Crippen LogP contribution < -0.4 is 4.74 Å². The number of piperidine rings is 1. The first-order valence-corrected chi connectivity index (χ1v) is 11.0. The summed E-state index contributed by atoms with van der Waals surface area (Å²) in [7, 11) is 1.66. The topological polar surface area (TPSA) is 71.4 Å². The molecule has 3 aromatic rings. The number of likely N-dealkylation sites (tertiary alicyclic amines) is 1. The van der Waals surface area contributed by atoms with E-state index in [2.05, 4.69) is 19.9 Å². The number of benzene rings is 1. The molecule has 6 heteroatoms. The summed E-state index contributed by atoms with van der Waals surface area (Å²) in [4.78, 5) is 15.9. The van der Waals surface area contributed by atoms with Gasteiger partial charge in [-0.1, -0.05) is 12.5 Å². The van der Waals surface area contributed by atoms with Gasteiger partial charge in [0.05, 0.1) is 12.7 Å². The second-order valence-corrected chi connectivity index (χ2v) is 8.73. The smallest absolute Gasteiger partial charge is 0.159 e. The van der Waals surface area contributed by atoms with Crippen LogP contribution >= 0.6 is 0 Å². The molecule has 2 fully saturated rings. The van der Waals surface area contributed by atoms with Crippen LogP contribution in [0.2, 0.25) is 0 Å². The number of fused-ring (bicyclic) bond motifs is 2. The van der Waals surface area contributed by atoms with Gasteiger partial charge < -0.3 is 9.84 Å². The van der Waals surface area contributed by atoms with Crippen molar-refractivity contribution in [1.29, 1.82) is 0 Å². The fourth-order valence-corrected chi connectivity index (χ4v) is 5.33. The van der Waals surface area contributed by atoms with Crippen LogP contribution in [0.4, 0.5) is 0 Å². The molecular formula is C25H28N4O2. The Morgan fingerprint density at radius 3 is 2.35 bits per heavy atom. The maximum Gasteiger partial charge on any atom is 0.159 e. The van der Waals surface area contributed by atoms with Gasteiger partial charge in [0.1, 0.15) is 5.75 Å². The van der Waals surface area contributed by atoms with Crippen LogP contribution in [0.5, 0.6) is 5.75 Å². The van der Waals surface area contributed by atoms with Crippen molar-refractivity contribution in [3.63, 3.8) is 0 Å². The highest BCUT2D eigenvalue weighted by Gasteiger charge is 2.51. The lowest BCUT2D eigenvalue weighted by atomic mass is 9.63. The average Bonchev–Trinajstić information content (AvgIpc) is 2.81. The zero-order chi connectivity index (χ0) is 21.3. The Balaban J connectivity index is 1.29. The van der Waals surface area contributed by atoms with Gasteiger partial charge >= 0.3 is 0 Å². The van der Waals surface area contributed by atoms with Crippen LogP contribution in [-0.2, 0) is 12.1 Å². The molecule has 31 heavy (non-hydrogen) atoms. The molecule has 0 radical (unpaired) electrons. The second kappa shape index (κ2) is 8.36. The highest BCUT2D eigenvalue weighted by molar-refractivity contribution is 5.55. The van der Waals surface area contributed by atoms with E-state index in [9.17, 15) is 5.11 Å². The molecule has 0 unspecified atom stereocenters. The number of hydrogen-bond donors (Lipinski definition) is 1. The molecule has 160 valence electrons. The zero-order valence-electron chi connectivity index (χ0n) is 17.8. The molecule has 1 N–H and O–H groups in total. The van der Waals surface area contributed by atoms with Crippen molar-refractivity contribution in [2.24, 2.45) is 11.8 Å². The molecule has 5 rings (SSSR count). The van der Waals surface area contributed by atoms with Crippen molar-refractivity contribution in [2.75, 3.05) is 20.2 Å². The standard InChI is InChI=1S/C25H28N4O2/c1-31-23-9-7-19(8-10-23)24-27-12-18(13-28-24)15-29-16-21-4-2-5-22(17-29)25(21,30)20-6-3-11-26-14-20/h3,6-14,21-22,30H,2,4-5,15-17H2,1H3/t21-,22-/m0/s1. The maximum absolute atomic E-state index is 11.7. The van der Waals surface area contributed by atoms with Crippen molar-refractivity contribution >= 4 is 0 Å². The monoisotopic (exact) mass is 416 g/mol. The van der Waals surface area contributed by atoms with E-state index in [1.54, 1.807) is 13.3 Å². The van der Waals surface area contributed by atoms with E-state index in [-0.39, 0.29) is 11.8 Å². The third-order valence-electron chi connectivity index (χ3n) is 6.89.